The summed E-state index contributed by atoms with van der Waals surface area (Å²) < 4.78 is 4.96. The van der Waals surface area contributed by atoms with Crippen LogP contribution in [0.5, 0.6) is 0 Å². The van der Waals surface area contributed by atoms with Crippen molar-refractivity contribution >= 4 is 11.6 Å². The molecule has 0 saturated heterocycles. The van der Waals surface area contributed by atoms with Crippen LogP contribution >= 0.6 is 11.6 Å². The summed E-state index contributed by atoms with van der Waals surface area (Å²) >= 11 is 5.84. The lowest BCUT2D eigenvalue weighted by atomic mass is 10.1. The first kappa shape index (κ1) is 14.5. The number of ether oxygens (including phenoxy) is 1. The molecular weight excluding hydrogens is 234 g/mol. The lowest BCUT2D eigenvalue weighted by Crippen LogP contribution is -2.20. The van der Waals surface area contributed by atoms with E-state index in [-0.39, 0.29) is 0 Å². The van der Waals surface area contributed by atoms with E-state index in [1.807, 2.05) is 12.1 Å². The minimum Gasteiger partial charge on any atom is -0.383 e. The zero-order valence-electron chi connectivity index (χ0n) is 10.5. The number of nitrogens with one attached hydrogen (secondary N) is 1. The molecule has 0 unspecified atom stereocenters. The Kier molecular flexibility index (Phi) is 8.06. The Morgan fingerprint density at radius 3 is 2.53 bits per heavy atom. The molecule has 1 aromatic carbocycles. The number of hydrogen-bond donors (Lipinski definition) is 1. The van der Waals surface area contributed by atoms with E-state index in [0.717, 1.165) is 31.1 Å². The van der Waals surface area contributed by atoms with Crippen LogP contribution in [-0.2, 0) is 11.2 Å². The number of aryl methyl sites for hydroxylation is 1. The van der Waals surface area contributed by atoms with E-state index in [1.165, 1.54) is 24.8 Å². The number of rotatable bonds is 9. The predicted octanol–water partition coefficient (Wildman–Crippen LogP) is 3.29. The second-order valence-electron chi connectivity index (χ2n) is 4.18. The van der Waals surface area contributed by atoms with Gasteiger partial charge in [-0.15, -0.1) is 0 Å². The molecule has 0 aliphatic heterocycles. The molecule has 0 radical (unpaired) electrons. The first-order valence-corrected chi connectivity index (χ1v) is 6.65. The topological polar surface area (TPSA) is 21.3 Å². The molecule has 0 amide bonds. The van der Waals surface area contributed by atoms with Crippen LogP contribution in [0.4, 0.5) is 0 Å². The fraction of sp³-hybridized carbons (Fsp3) is 0.571. The highest BCUT2D eigenvalue weighted by Crippen LogP contribution is 2.11. The van der Waals surface area contributed by atoms with E-state index >= 15 is 0 Å². The molecule has 1 N–H and O–H groups in total. The largest absolute Gasteiger partial charge is 0.383 e. The van der Waals surface area contributed by atoms with Gasteiger partial charge >= 0.3 is 0 Å². The van der Waals surface area contributed by atoms with Crippen molar-refractivity contribution in [2.75, 3.05) is 26.8 Å². The maximum atomic E-state index is 5.84. The third-order valence-electron chi connectivity index (χ3n) is 2.72. The highest BCUT2D eigenvalue weighted by molar-refractivity contribution is 6.30. The Morgan fingerprint density at radius 1 is 1.06 bits per heavy atom. The molecule has 3 heteroatoms. The molecule has 2 nitrogen and oxygen atoms in total. The summed E-state index contributed by atoms with van der Waals surface area (Å²) in [5.74, 6) is 0. The van der Waals surface area contributed by atoms with Gasteiger partial charge in [0.1, 0.15) is 0 Å². The number of unbranched alkanes of at least 4 members (excludes halogenated alkanes) is 2. The van der Waals surface area contributed by atoms with Gasteiger partial charge in [0.05, 0.1) is 6.61 Å². The number of hydrogen-bond acceptors (Lipinski definition) is 2. The average Bonchev–Trinajstić information content (AvgIpc) is 2.35. The van der Waals surface area contributed by atoms with Crippen molar-refractivity contribution in [3.8, 4) is 0 Å². The van der Waals surface area contributed by atoms with Crippen molar-refractivity contribution in [1.29, 1.82) is 0 Å². The van der Waals surface area contributed by atoms with Crippen LogP contribution in [0.3, 0.4) is 0 Å². The molecule has 0 atom stereocenters. The molecule has 1 aromatic rings. The van der Waals surface area contributed by atoms with Crippen molar-refractivity contribution in [1.82, 2.24) is 5.32 Å². The zero-order chi connectivity index (χ0) is 12.3. The standard InChI is InChI=1S/C14H22ClNO/c1-17-12-11-16-10-4-2-3-5-13-6-8-14(15)9-7-13/h6-9,16H,2-5,10-12H2,1H3. The number of methoxy groups -OCH3 is 1. The van der Waals surface area contributed by atoms with Crippen molar-refractivity contribution in [3.05, 3.63) is 34.9 Å². The normalized spacial score (nSPS) is 10.7. The molecular formula is C14H22ClNO. The van der Waals surface area contributed by atoms with E-state index in [2.05, 4.69) is 17.4 Å². The second kappa shape index (κ2) is 9.46. The summed E-state index contributed by atoms with van der Waals surface area (Å²) in [6, 6.07) is 8.14. The molecule has 0 aliphatic carbocycles. The fourth-order valence-corrected chi connectivity index (χ4v) is 1.83. The van der Waals surface area contributed by atoms with Crippen molar-refractivity contribution in [2.45, 2.75) is 25.7 Å². The van der Waals surface area contributed by atoms with Crippen LogP contribution in [0, 0.1) is 0 Å². The minimum atomic E-state index is 0.796. The van der Waals surface area contributed by atoms with Gasteiger partial charge in [0.15, 0.2) is 0 Å². The SMILES string of the molecule is COCCNCCCCCc1ccc(Cl)cc1. The van der Waals surface area contributed by atoms with Gasteiger partial charge in [-0.2, -0.15) is 0 Å². The summed E-state index contributed by atoms with van der Waals surface area (Å²) in [5, 5.41) is 4.17. The molecule has 96 valence electrons. The van der Waals surface area contributed by atoms with Crippen LogP contribution in [-0.4, -0.2) is 26.8 Å². The maximum Gasteiger partial charge on any atom is 0.0587 e. The van der Waals surface area contributed by atoms with Gasteiger partial charge in [-0.25, -0.2) is 0 Å². The minimum absolute atomic E-state index is 0.796. The van der Waals surface area contributed by atoms with Gasteiger partial charge in [0.2, 0.25) is 0 Å². The average molecular weight is 256 g/mol. The van der Waals surface area contributed by atoms with Crippen molar-refractivity contribution in [2.24, 2.45) is 0 Å². The van der Waals surface area contributed by atoms with Gasteiger partial charge in [-0.1, -0.05) is 30.2 Å². The van der Waals surface area contributed by atoms with Gasteiger partial charge in [0.25, 0.3) is 0 Å². The third-order valence-corrected chi connectivity index (χ3v) is 2.97. The smallest absolute Gasteiger partial charge is 0.0587 e. The number of halogens is 1. The van der Waals surface area contributed by atoms with E-state index < -0.39 is 0 Å². The monoisotopic (exact) mass is 255 g/mol. The first-order chi connectivity index (χ1) is 8.33. The van der Waals surface area contributed by atoms with Crippen molar-refractivity contribution in [3.63, 3.8) is 0 Å². The van der Waals surface area contributed by atoms with E-state index in [0.29, 0.717) is 0 Å². The lowest BCUT2D eigenvalue weighted by molar-refractivity contribution is 0.199. The summed E-state index contributed by atoms with van der Waals surface area (Å²) in [4.78, 5) is 0. The summed E-state index contributed by atoms with van der Waals surface area (Å²) in [7, 11) is 1.73. The summed E-state index contributed by atoms with van der Waals surface area (Å²) in [6.07, 6.45) is 4.89. The molecule has 0 heterocycles. The highest BCUT2D eigenvalue weighted by Gasteiger charge is 1.94. The van der Waals surface area contributed by atoms with Crippen LogP contribution < -0.4 is 5.32 Å². The van der Waals surface area contributed by atoms with Crippen LogP contribution in [0.15, 0.2) is 24.3 Å². The first-order valence-electron chi connectivity index (χ1n) is 6.27. The Morgan fingerprint density at radius 2 is 1.82 bits per heavy atom. The van der Waals surface area contributed by atoms with Gasteiger partial charge in [-0.3, -0.25) is 0 Å². The predicted molar refractivity (Wildman–Crippen MR) is 73.8 cm³/mol. The lowest BCUT2D eigenvalue weighted by Gasteiger charge is -2.04. The number of benzene rings is 1. The highest BCUT2D eigenvalue weighted by atomic mass is 35.5. The third kappa shape index (κ3) is 7.37. The fourth-order valence-electron chi connectivity index (χ4n) is 1.71. The maximum absolute atomic E-state index is 5.84. The Hall–Kier alpha value is -0.570. The molecule has 0 spiro atoms. The van der Waals surface area contributed by atoms with E-state index in [9.17, 15) is 0 Å². The Balaban J connectivity index is 1.95. The van der Waals surface area contributed by atoms with Crippen molar-refractivity contribution < 1.29 is 4.74 Å². The molecule has 0 aromatic heterocycles. The van der Waals surface area contributed by atoms with Crippen LogP contribution in [0.2, 0.25) is 5.02 Å². The van der Waals surface area contributed by atoms with Gasteiger partial charge < -0.3 is 10.1 Å². The van der Waals surface area contributed by atoms with Crippen LogP contribution in [0.25, 0.3) is 0 Å². The molecule has 1 rings (SSSR count). The van der Waals surface area contributed by atoms with E-state index in [4.69, 9.17) is 16.3 Å². The zero-order valence-corrected chi connectivity index (χ0v) is 11.3. The molecule has 0 bridgehead atoms. The summed E-state index contributed by atoms with van der Waals surface area (Å²) in [5.41, 5.74) is 1.38. The molecule has 0 saturated carbocycles. The molecule has 0 aliphatic rings. The molecule has 17 heavy (non-hydrogen) atoms. The van der Waals surface area contributed by atoms with Gasteiger partial charge in [-0.05, 0) is 43.5 Å². The quantitative estimate of drug-likeness (QED) is 0.684. The summed E-state index contributed by atoms with van der Waals surface area (Å²) in [6.45, 7) is 2.84. The second-order valence-corrected chi connectivity index (χ2v) is 4.62. The van der Waals surface area contributed by atoms with Crippen LogP contribution in [0.1, 0.15) is 24.8 Å². The Labute approximate surface area is 109 Å². The molecule has 0 fully saturated rings. The Bertz CT molecular complexity index is 287. The van der Waals surface area contributed by atoms with E-state index in [1.54, 1.807) is 7.11 Å². The van der Waals surface area contributed by atoms with Gasteiger partial charge in [0, 0.05) is 18.7 Å².